The lowest BCUT2D eigenvalue weighted by atomic mass is 10.2. The number of oxazole rings is 1. The third-order valence-electron chi connectivity index (χ3n) is 3.03. The first-order valence-electron chi connectivity index (χ1n) is 5.43. The number of aryl methyl sites for hydroxylation is 1. The largest absolute Gasteiger partial charge is 0.468 e. The van der Waals surface area contributed by atoms with E-state index in [2.05, 4.69) is 9.88 Å². The van der Waals surface area contributed by atoms with E-state index in [9.17, 15) is 4.79 Å². The van der Waals surface area contributed by atoms with Gasteiger partial charge in [0.05, 0.1) is 12.8 Å². The summed E-state index contributed by atoms with van der Waals surface area (Å²) >= 11 is 0. The fourth-order valence-electron chi connectivity index (χ4n) is 2.09. The van der Waals surface area contributed by atoms with E-state index < -0.39 is 0 Å². The SMILES string of the molecule is COC(=O)C1CCCN1Cc1ncoc1C. The summed E-state index contributed by atoms with van der Waals surface area (Å²) in [5.41, 5.74) is 0.899. The third kappa shape index (κ3) is 2.09. The maximum absolute atomic E-state index is 11.5. The van der Waals surface area contributed by atoms with Crippen molar-refractivity contribution in [3.63, 3.8) is 0 Å². The molecule has 1 aliphatic rings. The first kappa shape index (κ1) is 11.1. The molecule has 5 nitrogen and oxygen atoms in total. The molecule has 1 unspecified atom stereocenters. The number of ether oxygens (including phenoxy) is 1. The molecule has 0 N–H and O–H groups in total. The zero-order valence-corrected chi connectivity index (χ0v) is 9.60. The zero-order valence-electron chi connectivity index (χ0n) is 9.60. The van der Waals surface area contributed by atoms with Crippen molar-refractivity contribution in [1.29, 1.82) is 0 Å². The average Bonchev–Trinajstić information content (AvgIpc) is 2.88. The Labute approximate surface area is 94.4 Å². The van der Waals surface area contributed by atoms with Crippen LogP contribution in [0.3, 0.4) is 0 Å². The molecule has 0 saturated carbocycles. The molecule has 1 aliphatic heterocycles. The van der Waals surface area contributed by atoms with Crippen molar-refractivity contribution in [3.8, 4) is 0 Å². The minimum absolute atomic E-state index is 0.124. The molecular formula is C11H16N2O3. The summed E-state index contributed by atoms with van der Waals surface area (Å²) in [5, 5.41) is 0. The van der Waals surface area contributed by atoms with Gasteiger partial charge in [0.2, 0.25) is 0 Å². The lowest BCUT2D eigenvalue weighted by Crippen LogP contribution is -2.36. The van der Waals surface area contributed by atoms with Gasteiger partial charge in [-0.05, 0) is 26.3 Å². The Hall–Kier alpha value is -1.36. The predicted octanol–water partition coefficient (Wildman–Crippen LogP) is 1.12. The zero-order chi connectivity index (χ0) is 11.5. The van der Waals surface area contributed by atoms with E-state index in [4.69, 9.17) is 9.15 Å². The number of carbonyl (C=O) groups is 1. The van der Waals surface area contributed by atoms with E-state index >= 15 is 0 Å². The lowest BCUT2D eigenvalue weighted by Gasteiger charge is -2.21. The fraction of sp³-hybridized carbons (Fsp3) is 0.636. The maximum Gasteiger partial charge on any atom is 0.323 e. The first-order chi connectivity index (χ1) is 7.72. The Balaban J connectivity index is 2.04. The predicted molar refractivity (Wildman–Crippen MR) is 56.7 cm³/mol. The van der Waals surface area contributed by atoms with Gasteiger partial charge in [0, 0.05) is 6.54 Å². The normalized spacial score (nSPS) is 21.2. The van der Waals surface area contributed by atoms with E-state index in [1.807, 2.05) is 6.92 Å². The molecule has 0 bridgehead atoms. The fourth-order valence-corrected chi connectivity index (χ4v) is 2.09. The van der Waals surface area contributed by atoms with Crippen LogP contribution in [0.2, 0.25) is 0 Å². The standard InChI is InChI=1S/C11H16N2O3/c1-8-9(12-7-16-8)6-13-5-3-4-10(13)11(14)15-2/h7,10H,3-6H2,1-2H3. The molecule has 1 atom stereocenters. The Bertz CT molecular complexity index is 375. The molecule has 1 fully saturated rings. The van der Waals surface area contributed by atoms with Gasteiger partial charge in [0.25, 0.3) is 0 Å². The molecule has 1 aromatic rings. The van der Waals surface area contributed by atoms with Crippen molar-refractivity contribution in [2.45, 2.75) is 32.4 Å². The monoisotopic (exact) mass is 224 g/mol. The molecule has 1 saturated heterocycles. The summed E-state index contributed by atoms with van der Waals surface area (Å²) in [5.74, 6) is 0.661. The molecule has 16 heavy (non-hydrogen) atoms. The van der Waals surface area contributed by atoms with Gasteiger partial charge in [-0.2, -0.15) is 0 Å². The van der Waals surface area contributed by atoms with Crippen molar-refractivity contribution in [2.75, 3.05) is 13.7 Å². The Morgan fingerprint density at radius 3 is 3.19 bits per heavy atom. The highest BCUT2D eigenvalue weighted by Gasteiger charge is 2.32. The van der Waals surface area contributed by atoms with Crippen LogP contribution in [0.25, 0.3) is 0 Å². The number of nitrogens with zero attached hydrogens (tertiary/aromatic N) is 2. The number of esters is 1. The van der Waals surface area contributed by atoms with Crippen molar-refractivity contribution >= 4 is 5.97 Å². The highest BCUT2D eigenvalue weighted by Crippen LogP contribution is 2.21. The summed E-state index contributed by atoms with van der Waals surface area (Å²) < 4.78 is 9.93. The van der Waals surface area contributed by atoms with Gasteiger partial charge in [-0.1, -0.05) is 0 Å². The van der Waals surface area contributed by atoms with E-state index in [-0.39, 0.29) is 12.0 Å². The van der Waals surface area contributed by atoms with Crippen molar-refractivity contribution < 1.29 is 13.9 Å². The Morgan fingerprint density at radius 1 is 1.75 bits per heavy atom. The summed E-state index contributed by atoms with van der Waals surface area (Å²) in [6.45, 7) is 3.44. The number of hydrogen-bond donors (Lipinski definition) is 0. The summed E-state index contributed by atoms with van der Waals surface area (Å²) in [7, 11) is 1.43. The molecule has 2 rings (SSSR count). The molecule has 0 aromatic carbocycles. The summed E-state index contributed by atoms with van der Waals surface area (Å²) in [6.07, 6.45) is 3.33. The number of hydrogen-bond acceptors (Lipinski definition) is 5. The molecule has 0 amide bonds. The van der Waals surface area contributed by atoms with E-state index in [1.165, 1.54) is 13.5 Å². The molecule has 5 heteroatoms. The van der Waals surface area contributed by atoms with Crippen LogP contribution >= 0.6 is 0 Å². The minimum Gasteiger partial charge on any atom is -0.468 e. The molecule has 0 spiro atoms. The topological polar surface area (TPSA) is 55.6 Å². The van der Waals surface area contributed by atoms with Crippen molar-refractivity contribution in [1.82, 2.24) is 9.88 Å². The molecule has 88 valence electrons. The second-order valence-corrected chi connectivity index (χ2v) is 4.01. The van der Waals surface area contributed by atoms with Gasteiger partial charge in [0.15, 0.2) is 6.39 Å². The van der Waals surface area contributed by atoms with Crippen LogP contribution in [-0.4, -0.2) is 35.5 Å². The van der Waals surface area contributed by atoms with Crippen molar-refractivity contribution in [3.05, 3.63) is 17.8 Å². The number of aromatic nitrogens is 1. The highest BCUT2D eigenvalue weighted by atomic mass is 16.5. The number of likely N-dealkylation sites (tertiary alicyclic amines) is 1. The first-order valence-corrected chi connectivity index (χ1v) is 5.43. The van der Waals surface area contributed by atoms with Crippen LogP contribution in [-0.2, 0) is 16.1 Å². The van der Waals surface area contributed by atoms with E-state index in [1.54, 1.807) is 0 Å². The minimum atomic E-state index is -0.154. The van der Waals surface area contributed by atoms with Crippen LogP contribution < -0.4 is 0 Å². The quantitative estimate of drug-likeness (QED) is 0.720. The van der Waals surface area contributed by atoms with E-state index in [0.29, 0.717) is 6.54 Å². The Kier molecular flexibility index (Phi) is 3.24. The molecule has 2 heterocycles. The van der Waals surface area contributed by atoms with Gasteiger partial charge in [-0.15, -0.1) is 0 Å². The van der Waals surface area contributed by atoms with Crippen LogP contribution in [0.1, 0.15) is 24.3 Å². The third-order valence-corrected chi connectivity index (χ3v) is 3.03. The lowest BCUT2D eigenvalue weighted by molar-refractivity contribution is -0.146. The molecule has 0 aliphatic carbocycles. The van der Waals surface area contributed by atoms with Crippen LogP contribution in [0.4, 0.5) is 0 Å². The van der Waals surface area contributed by atoms with Crippen molar-refractivity contribution in [2.24, 2.45) is 0 Å². The second-order valence-electron chi connectivity index (χ2n) is 4.01. The van der Waals surface area contributed by atoms with Gasteiger partial charge in [-0.25, -0.2) is 4.98 Å². The summed E-state index contributed by atoms with van der Waals surface area (Å²) in [4.78, 5) is 17.8. The number of carbonyl (C=O) groups excluding carboxylic acids is 1. The number of methoxy groups -OCH3 is 1. The van der Waals surface area contributed by atoms with Gasteiger partial charge in [-0.3, -0.25) is 9.69 Å². The molecular weight excluding hydrogens is 208 g/mol. The average molecular weight is 224 g/mol. The van der Waals surface area contributed by atoms with Gasteiger partial charge >= 0.3 is 5.97 Å². The van der Waals surface area contributed by atoms with Crippen LogP contribution in [0.15, 0.2) is 10.8 Å². The molecule has 1 aromatic heterocycles. The van der Waals surface area contributed by atoms with E-state index in [0.717, 1.165) is 30.8 Å². The number of rotatable bonds is 3. The van der Waals surface area contributed by atoms with Gasteiger partial charge in [0.1, 0.15) is 11.8 Å². The van der Waals surface area contributed by atoms with Crippen LogP contribution in [0.5, 0.6) is 0 Å². The highest BCUT2D eigenvalue weighted by molar-refractivity contribution is 5.75. The van der Waals surface area contributed by atoms with Crippen LogP contribution in [0, 0.1) is 6.92 Å². The smallest absolute Gasteiger partial charge is 0.323 e. The molecule has 0 radical (unpaired) electrons. The summed E-state index contributed by atoms with van der Waals surface area (Å²) in [6, 6.07) is -0.124. The van der Waals surface area contributed by atoms with Gasteiger partial charge < -0.3 is 9.15 Å². The maximum atomic E-state index is 11.5. The second kappa shape index (κ2) is 4.65. The Morgan fingerprint density at radius 2 is 2.56 bits per heavy atom.